The van der Waals surface area contributed by atoms with E-state index in [1.54, 1.807) is 0 Å². The molecule has 21 heavy (non-hydrogen) atoms. The maximum atomic E-state index is 12.4. The number of carbonyl (C=O) groups excluding carboxylic acids is 2. The van der Waals surface area contributed by atoms with Gasteiger partial charge in [0.05, 0.1) is 24.6 Å². The van der Waals surface area contributed by atoms with E-state index in [0.29, 0.717) is 4.31 Å². The molecule has 1 heterocycles. The summed E-state index contributed by atoms with van der Waals surface area (Å²) in [5.74, 6) is -1.26. The highest BCUT2D eigenvalue weighted by Gasteiger charge is 2.45. The summed E-state index contributed by atoms with van der Waals surface area (Å²) in [7, 11) is -2.79. The smallest absolute Gasteiger partial charge is 0.313 e. The van der Waals surface area contributed by atoms with Crippen molar-refractivity contribution in [3.05, 3.63) is 23.8 Å². The number of anilines is 1. The molecule has 8 heteroatoms. The van der Waals surface area contributed by atoms with Crippen molar-refractivity contribution in [2.45, 2.75) is 18.7 Å². The SMILES string of the molecule is COC(=O)C(C)(C)CN1C(=O)c2ccc(N)cc2S1(=O)=O. The number of benzene rings is 1. The van der Waals surface area contributed by atoms with Crippen molar-refractivity contribution in [1.82, 2.24) is 4.31 Å². The summed E-state index contributed by atoms with van der Waals surface area (Å²) in [5.41, 5.74) is 4.73. The highest BCUT2D eigenvalue weighted by atomic mass is 32.2. The van der Waals surface area contributed by atoms with Crippen LogP contribution in [-0.2, 0) is 19.6 Å². The van der Waals surface area contributed by atoms with E-state index >= 15 is 0 Å². The minimum absolute atomic E-state index is 0.0601. The molecule has 0 atom stereocenters. The predicted octanol–water partition coefficient (Wildman–Crippen LogP) is 0.612. The molecule has 1 aromatic carbocycles. The molecule has 0 aliphatic carbocycles. The summed E-state index contributed by atoms with van der Waals surface area (Å²) in [6, 6.07) is 4.07. The molecule has 1 aromatic rings. The fourth-order valence-electron chi connectivity index (χ4n) is 2.15. The molecule has 0 unspecified atom stereocenters. The first-order valence-corrected chi connectivity index (χ1v) is 7.60. The van der Waals surface area contributed by atoms with Crippen molar-refractivity contribution >= 4 is 27.6 Å². The number of hydrogen-bond donors (Lipinski definition) is 1. The summed E-state index contributed by atoms with van der Waals surface area (Å²) >= 11 is 0. The van der Waals surface area contributed by atoms with Crippen LogP contribution in [0.3, 0.4) is 0 Å². The van der Waals surface area contributed by atoms with Crippen LogP contribution < -0.4 is 5.73 Å². The first kappa shape index (κ1) is 15.3. The number of carbonyl (C=O) groups is 2. The average Bonchev–Trinajstić information content (AvgIpc) is 2.59. The third-order valence-electron chi connectivity index (χ3n) is 3.31. The Morgan fingerprint density at radius 3 is 2.57 bits per heavy atom. The second-order valence-electron chi connectivity index (χ2n) is 5.45. The van der Waals surface area contributed by atoms with E-state index in [0.717, 1.165) is 0 Å². The summed E-state index contributed by atoms with van der Waals surface area (Å²) in [6.45, 7) is 2.73. The lowest BCUT2D eigenvalue weighted by molar-refractivity contribution is -0.150. The Bertz CT molecular complexity index is 724. The van der Waals surface area contributed by atoms with Crippen molar-refractivity contribution in [3.63, 3.8) is 0 Å². The lowest BCUT2D eigenvalue weighted by Gasteiger charge is -2.26. The first-order chi connectivity index (χ1) is 9.61. The summed E-state index contributed by atoms with van der Waals surface area (Å²) in [5, 5.41) is 0. The van der Waals surface area contributed by atoms with Gasteiger partial charge in [-0.2, -0.15) is 0 Å². The summed E-state index contributed by atoms with van der Waals surface area (Å²) in [4.78, 5) is 23.8. The molecule has 0 saturated heterocycles. The highest BCUT2D eigenvalue weighted by Crippen LogP contribution is 2.34. The minimum Gasteiger partial charge on any atom is -0.469 e. The molecule has 1 aliphatic heterocycles. The van der Waals surface area contributed by atoms with Gasteiger partial charge in [0, 0.05) is 5.69 Å². The van der Waals surface area contributed by atoms with E-state index in [9.17, 15) is 18.0 Å². The molecular weight excluding hydrogens is 296 g/mol. The van der Waals surface area contributed by atoms with Gasteiger partial charge in [0.25, 0.3) is 15.9 Å². The molecule has 0 fully saturated rings. The highest BCUT2D eigenvalue weighted by molar-refractivity contribution is 7.90. The molecule has 2 rings (SSSR count). The Hall–Kier alpha value is -2.09. The molecule has 0 radical (unpaired) electrons. The second-order valence-corrected chi connectivity index (χ2v) is 7.28. The van der Waals surface area contributed by atoms with Crippen molar-refractivity contribution in [1.29, 1.82) is 0 Å². The number of ether oxygens (including phenoxy) is 1. The maximum Gasteiger partial charge on any atom is 0.313 e. The van der Waals surface area contributed by atoms with Gasteiger partial charge in [-0.05, 0) is 32.0 Å². The molecule has 114 valence electrons. The van der Waals surface area contributed by atoms with Gasteiger partial charge in [-0.15, -0.1) is 0 Å². The Balaban J connectivity index is 2.45. The van der Waals surface area contributed by atoms with Gasteiger partial charge in [0.1, 0.15) is 4.90 Å². The topological polar surface area (TPSA) is 107 Å². The molecule has 0 spiro atoms. The average molecular weight is 312 g/mol. The van der Waals surface area contributed by atoms with E-state index in [1.807, 2.05) is 0 Å². The van der Waals surface area contributed by atoms with E-state index in [4.69, 9.17) is 5.73 Å². The first-order valence-electron chi connectivity index (χ1n) is 6.16. The Morgan fingerprint density at radius 2 is 2.00 bits per heavy atom. The van der Waals surface area contributed by atoms with Crippen LogP contribution in [0.15, 0.2) is 23.1 Å². The Kier molecular flexibility index (Phi) is 3.45. The number of esters is 1. The summed E-state index contributed by atoms with van der Waals surface area (Å²) < 4.78 is 30.2. The van der Waals surface area contributed by atoms with Crippen LogP contribution >= 0.6 is 0 Å². The van der Waals surface area contributed by atoms with E-state index < -0.39 is 27.3 Å². The summed E-state index contributed by atoms with van der Waals surface area (Å²) in [6.07, 6.45) is 0. The third kappa shape index (κ3) is 2.35. The van der Waals surface area contributed by atoms with Crippen LogP contribution in [0.5, 0.6) is 0 Å². The van der Waals surface area contributed by atoms with Gasteiger partial charge >= 0.3 is 5.97 Å². The van der Waals surface area contributed by atoms with Crippen molar-refractivity contribution < 1.29 is 22.7 Å². The van der Waals surface area contributed by atoms with E-state index in [-0.39, 0.29) is 22.7 Å². The number of fused-ring (bicyclic) bond motifs is 1. The van der Waals surface area contributed by atoms with Gasteiger partial charge in [-0.1, -0.05) is 0 Å². The number of nitrogens with two attached hydrogens (primary N) is 1. The van der Waals surface area contributed by atoms with Crippen molar-refractivity contribution in [2.24, 2.45) is 5.41 Å². The van der Waals surface area contributed by atoms with Gasteiger partial charge < -0.3 is 10.5 Å². The normalized spacial score (nSPS) is 16.7. The molecule has 7 nitrogen and oxygen atoms in total. The predicted molar refractivity (Wildman–Crippen MR) is 74.9 cm³/mol. The number of nitrogen functional groups attached to an aromatic ring is 1. The zero-order valence-electron chi connectivity index (χ0n) is 11.9. The third-order valence-corrected chi connectivity index (χ3v) is 5.08. The molecule has 0 bridgehead atoms. The zero-order chi connectivity index (χ0) is 16.0. The largest absolute Gasteiger partial charge is 0.469 e. The monoisotopic (exact) mass is 312 g/mol. The van der Waals surface area contributed by atoms with Crippen LogP contribution in [0.25, 0.3) is 0 Å². The fourth-order valence-corrected chi connectivity index (χ4v) is 3.91. The minimum atomic E-state index is -4.00. The number of hydrogen-bond acceptors (Lipinski definition) is 6. The van der Waals surface area contributed by atoms with Gasteiger partial charge in [-0.3, -0.25) is 9.59 Å². The van der Waals surface area contributed by atoms with Crippen LogP contribution in [0.2, 0.25) is 0 Å². The Labute approximate surface area is 122 Å². The fraction of sp³-hybridized carbons (Fsp3) is 0.385. The molecular formula is C13H16N2O5S. The lowest BCUT2D eigenvalue weighted by atomic mass is 9.93. The van der Waals surface area contributed by atoms with Gasteiger partial charge in [-0.25, -0.2) is 12.7 Å². The number of methoxy groups -OCH3 is 1. The molecule has 2 N–H and O–H groups in total. The number of rotatable bonds is 3. The zero-order valence-corrected chi connectivity index (χ0v) is 12.7. The number of amides is 1. The molecule has 1 aliphatic rings. The van der Waals surface area contributed by atoms with E-state index in [2.05, 4.69) is 4.74 Å². The quantitative estimate of drug-likeness (QED) is 0.647. The molecule has 0 saturated carbocycles. The Morgan fingerprint density at radius 1 is 1.38 bits per heavy atom. The van der Waals surface area contributed by atoms with E-state index in [1.165, 1.54) is 39.2 Å². The standard InChI is InChI=1S/C13H16N2O5S/c1-13(2,12(17)20-3)7-15-11(16)9-5-4-8(14)6-10(9)21(15,18)19/h4-6H,7,14H2,1-3H3. The van der Waals surface area contributed by atoms with Crippen LogP contribution in [0.1, 0.15) is 24.2 Å². The lowest BCUT2D eigenvalue weighted by Crippen LogP contribution is -2.42. The van der Waals surface area contributed by atoms with Crippen LogP contribution in [0, 0.1) is 5.41 Å². The van der Waals surface area contributed by atoms with Gasteiger partial charge in [0.2, 0.25) is 0 Å². The van der Waals surface area contributed by atoms with Gasteiger partial charge in [0.15, 0.2) is 0 Å². The number of nitrogens with zero attached hydrogens (tertiary/aromatic N) is 1. The molecule has 1 amide bonds. The molecule has 0 aromatic heterocycles. The van der Waals surface area contributed by atoms with Crippen LogP contribution in [0.4, 0.5) is 5.69 Å². The van der Waals surface area contributed by atoms with Crippen LogP contribution in [-0.4, -0.2) is 38.3 Å². The maximum absolute atomic E-state index is 12.4. The van der Waals surface area contributed by atoms with Crippen molar-refractivity contribution in [2.75, 3.05) is 19.4 Å². The second kappa shape index (κ2) is 4.73. The van der Waals surface area contributed by atoms with Crippen molar-refractivity contribution in [3.8, 4) is 0 Å². The number of sulfonamides is 1.